The first-order chi connectivity index (χ1) is 5.86. The smallest absolute Gasteiger partial charge is 0.0901 e. The van der Waals surface area contributed by atoms with Crippen LogP contribution in [-0.4, -0.2) is 11.6 Å². The molecule has 1 aromatic rings. The van der Waals surface area contributed by atoms with Crippen molar-refractivity contribution in [1.29, 1.82) is 0 Å². The first-order valence-electron chi connectivity index (χ1n) is 4.39. The quantitative estimate of drug-likeness (QED) is 0.619. The highest BCUT2D eigenvalue weighted by Crippen LogP contribution is 2.22. The summed E-state index contributed by atoms with van der Waals surface area (Å²) in [6, 6.07) is 0. The largest absolute Gasteiger partial charge is 0.375 e. The van der Waals surface area contributed by atoms with Crippen molar-refractivity contribution in [2.45, 2.75) is 33.8 Å². The van der Waals surface area contributed by atoms with Crippen LogP contribution in [0.5, 0.6) is 0 Å². The lowest BCUT2D eigenvalue weighted by Gasteiger charge is -2.08. The molecule has 0 N–H and O–H groups in total. The van der Waals surface area contributed by atoms with Crippen molar-refractivity contribution < 1.29 is 4.74 Å². The Hall–Kier alpha value is -0.410. The van der Waals surface area contributed by atoms with Crippen molar-refractivity contribution in [2.75, 3.05) is 6.61 Å². The normalized spacial score (nSPS) is 14.6. The van der Waals surface area contributed by atoms with Gasteiger partial charge in [0.15, 0.2) is 0 Å². The van der Waals surface area contributed by atoms with Gasteiger partial charge in [0.25, 0.3) is 0 Å². The van der Waals surface area contributed by atoms with Gasteiger partial charge in [-0.3, -0.25) is 0 Å². The maximum Gasteiger partial charge on any atom is 0.0901 e. The summed E-state index contributed by atoms with van der Waals surface area (Å²) in [5.74, 6) is 0. The van der Waals surface area contributed by atoms with E-state index in [4.69, 9.17) is 4.74 Å². The predicted molar refractivity (Wildman–Crippen MR) is 51.6 cm³/mol. The molecule has 0 aromatic carbocycles. The molecule has 0 fully saturated rings. The molecule has 0 spiro atoms. The molecule has 3 heteroatoms. The van der Waals surface area contributed by atoms with Gasteiger partial charge in [0.2, 0.25) is 0 Å². The van der Waals surface area contributed by atoms with Crippen molar-refractivity contribution in [3.63, 3.8) is 0 Å². The highest BCUT2D eigenvalue weighted by Gasteiger charge is 2.12. The Labute approximate surface area is 77.6 Å². The molecule has 0 radical (unpaired) electrons. The summed E-state index contributed by atoms with van der Waals surface area (Å²) in [6.07, 6.45) is 1.000. The van der Waals surface area contributed by atoms with Gasteiger partial charge in [-0.25, -0.2) is 4.98 Å². The third kappa shape index (κ3) is 2.05. The van der Waals surface area contributed by atoms with E-state index in [2.05, 4.69) is 4.98 Å². The Balaban J connectivity index is 0.000000336. The first-order valence-corrected chi connectivity index (χ1v) is 5.21. The van der Waals surface area contributed by atoms with Crippen molar-refractivity contribution in [3.8, 4) is 0 Å². The van der Waals surface area contributed by atoms with Gasteiger partial charge in [-0.15, -0.1) is 11.3 Å². The summed E-state index contributed by atoms with van der Waals surface area (Å²) >= 11 is 1.75. The molecule has 0 amide bonds. The Morgan fingerprint density at radius 2 is 2.17 bits per heavy atom. The molecule has 2 heterocycles. The van der Waals surface area contributed by atoms with E-state index in [0.717, 1.165) is 24.6 Å². The number of thiazole rings is 1. The monoisotopic (exact) mass is 185 g/mol. The second kappa shape index (κ2) is 4.58. The zero-order chi connectivity index (χ0) is 8.97. The molecular weight excluding hydrogens is 170 g/mol. The molecule has 12 heavy (non-hydrogen) atoms. The number of aryl methyl sites for hydroxylation is 1. The average molecular weight is 185 g/mol. The molecule has 0 saturated heterocycles. The minimum absolute atomic E-state index is 0.779. The maximum absolute atomic E-state index is 5.28. The van der Waals surface area contributed by atoms with Crippen LogP contribution in [0.2, 0.25) is 0 Å². The molecule has 0 atom stereocenters. The minimum Gasteiger partial charge on any atom is -0.375 e. The first kappa shape index (κ1) is 9.68. The zero-order valence-corrected chi connectivity index (χ0v) is 8.70. The second-order valence-corrected chi connectivity index (χ2v) is 3.69. The number of rotatable bonds is 0. The lowest BCUT2D eigenvalue weighted by Crippen LogP contribution is -2.07. The van der Waals surface area contributed by atoms with Crippen LogP contribution in [-0.2, 0) is 17.8 Å². The molecule has 0 bridgehead atoms. The van der Waals surface area contributed by atoms with Crippen LogP contribution in [0.4, 0.5) is 0 Å². The lowest BCUT2D eigenvalue weighted by molar-refractivity contribution is 0.112. The van der Waals surface area contributed by atoms with Crippen LogP contribution in [0.15, 0.2) is 0 Å². The van der Waals surface area contributed by atoms with Gasteiger partial charge in [-0.05, 0) is 6.92 Å². The van der Waals surface area contributed by atoms with Crippen molar-refractivity contribution >= 4 is 11.3 Å². The molecule has 0 saturated carbocycles. The van der Waals surface area contributed by atoms with Crippen LogP contribution in [0.1, 0.15) is 29.4 Å². The number of aromatic nitrogens is 1. The SMILES string of the molecule is CC.Cc1nc2c(s1)COCC2. The highest BCUT2D eigenvalue weighted by atomic mass is 32.1. The van der Waals surface area contributed by atoms with Crippen LogP contribution < -0.4 is 0 Å². The molecular formula is C9H15NOS. The van der Waals surface area contributed by atoms with Gasteiger partial charge < -0.3 is 4.74 Å². The number of hydrogen-bond acceptors (Lipinski definition) is 3. The van der Waals surface area contributed by atoms with E-state index in [0.29, 0.717) is 0 Å². The topological polar surface area (TPSA) is 22.1 Å². The van der Waals surface area contributed by atoms with Gasteiger partial charge in [0, 0.05) is 6.42 Å². The minimum atomic E-state index is 0.779. The molecule has 1 aliphatic heterocycles. The molecule has 68 valence electrons. The Bertz CT molecular complexity index is 221. The third-order valence-corrected chi connectivity index (χ3v) is 2.59. The number of hydrogen-bond donors (Lipinski definition) is 0. The van der Waals surface area contributed by atoms with Crippen LogP contribution >= 0.6 is 11.3 Å². The summed E-state index contributed by atoms with van der Waals surface area (Å²) in [7, 11) is 0. The van der Waals surface area contributed by atoms with Crippen molar-refractivity contribution in [3.05, 3.63) is 15.6 Å². The fourth-order valence-electron chi connectivity index (χ4n) is 1.15. The number of fused-ring (bicyclic) bond motifs is 1. The highest BCUT2D eigenvalue weighted by molar-refractivity contribution is 7.11. The van der Waals surface area contributed by atoms with E-state index in [-0.39, 0.29) is 0 Å². The second-order valence-electron chi connectivity index (χ2n) is 2.41. The summed E-state index contributed by atoms with van der Waals surface area (Å²) in [5.41, 5.74) is 1.26. The lowest BCUT2D eigenvalue weighted by atomic mass is 10.2. The van der Waals surface area contributed by atoms with Gasteiger partial charge in [0.1, 0.15) is 0 Å². The fraction of sp³-hybridized carbons (Fsp3) is 0.667. The van der Waals surface area contributed by atoms with E-state index in [9.17, 15) is 0 Å². The van der Waals surface area contributed by atoms with Gasteiger partial charge in [0.05, 0.1) is 28.8 Å². The Morgan fingerprint density at radius 3 is 2.83 bits per heavy atom. The predicted octanol–water partition coefficient (Wildman–Crippen LogP) is 2.55. The van der Waals surface area contributed by atoms with Gasteiger partial charge in [-0.1, -0.05) is 13.8 Å². The zero-order valence-electron chi connectivity index (χ0n) is 7.89. The summed E-state index contributed by atoms with van der Waals surface area (Å²) in [4.78, 5) is 5.71. The van der Waals surface area contributed by atoms with E-state index in [1.807, 2.05) is 20.8 Å². The summed E-state index contributed by atoms with van der Waals surface area (Å²) in [6.45, 7) is 7.67. The number of ether oxygens (including phenoxy) is 1. The van der Waals surface area contributed by atoms with Crippen LogP contribution in [0.25, 0.3) is 0 Å². The van der Waals surface area contributed by atoms with Crippen LogP contribution in [0, 0.1) is 6.92 Å². The average Bonchev–Trinajstić information content (AvgIpc) is 2.48. The Kier molecular flexibility index (Phi) is 3.69. The van der Waals surface area contributed by atoms with E-state index >= 15 is 0 Å². The van der Waals surface area contributed by atoms with E-state index in [1.54, 1.807) is 11.3 Å². The fourth-order valence-corrected chi connectivity index (χ4v) is 2.07. The maximum atomic E-state index is 5.28. The molecule has 2 rings (SSSR count). The van der Waals surface area contributed by atoms with Gasteiger partial charge >= 0.3 is 0 Å². The van der Waals surface area contributed by atoms with Gasteiger partial charge in [-0.2, -0.15) is 0 Å². The molecule has 1 aromatic heterocycles. The molecule has 2 nitrogen and oxygen atoms in total. The van der Waals surface area contributed by atoms with Crippen LogP contribution in [0.3, 0.4) is 0 Å². The van der Waals surface area contributed by atoms with E-state index < -0.39 is 0 Å². The molecule has 0 unspecified atom stereocenters. The molecule has 0 aliphatic carbocycles. The third-order valence-electron chi connectivity index (χ3n) is 1.60. The van der Waals surface area contributed by atoms with E-state index in [1.165, 1.54) is 10.6 Å². The Morgan fingerprint density at radius 1 is 1.42 bits per heavy atom. The standard InChI is InChI=1S/C7H9NOS.C2H6/c1-5-8-6-2-3-9-4-7(6)10-5;1-2/h2-4H2,1H3;1-2H3. The van der Waals surface area contributed by atoms with Crippen molar-refractivity contribution in [1.82, 2.24) is 4.98 Å². The van der Waals surface area contributed by atoms with Crippen molar-refractivity contribution in [2.24, 2.45) is 0 Å². The summed E-state index contributed by atoms with van der Waals surface area (Å²) < 4.78 is 5.28. The molecule has 1 aliphatic rings. The number of nitrogens with zero attached hydrogens (tertiary/aromatic N) is 1. The summed E-state index contributed by atoms with van der Waals surface area (Å²) in [5, 5.41) is 1.16.